The van der Waals surface area contributed by atoms with Crippen molar-refractivity contribution in [2.45, 2.75) is 124 Å². The average Bonchev–Trinajstić information content (AvgIpc) is 3.85. The molecule has 0 bridgehead atoms. The standard InChI is InChI=1S/C24H32ClNO2S.C22H28ClNO2S.ClH/c1-4-28-23(27)24(2,3)14-8-7-11-21(19-9-5-6-10-20(19)25)26-15-12-22-18(17-26)13-16-29-22;1-22(2,21(25)26)12-6-5-9-19(17-7-3-4-8-18(17)23)24-13-10-20-16(15-24)11-14-27-20;/h5-6,9-10,13,16,21H,4,7-8,11-12,14-15,17H2,1-3H3;3-4,7-8,11,14,19H,5-6,9-10,12-13,15H2,1-2H3,(H,25,26);1H. The van der Waals surface area contributed by atoms with Gasteiger partial charge in [0.05, 0.1) is 24.0 Å². The van der Waals surface area contributed by atoms with Gasteiger partial charge in [0, 0.05) is 62.9 Å². The predicted molar refractivity (Wildman–Crippen MR) is 233 cm³/mol. The zero-order chi connectivity index (χ0) is 40.3. The Kier molecular flexibility index (Phi) is 18.4. The fraction of sp³-hybridized carbons (Fsp3) is 0.522. The van der Waals surface area contributed by atoms with Gasteiger partial charge in [-0.3, -0.25) is 14.5 Å². The molecule has 11 heteroatoms. The lowest BCUT2D eigenvalue weighted by atomic mass is 9.86. The van der Waals surface area contributed by atoms with E-state index in [0.29, 0.717) is 25.1 Å². The van der Waals surface area contributed by atoms with Crippen molar-refractivity contribution in [1.29, 1.82) is 0 Å². The van der Waals surface area contributed by atoms with Crippen LogP contribution in [-0.4, -0.2) is 41.6 Å². The first-order valence-electron chi connectivity index (χ1n) is 20.4. The maximum absolute atomic E-state index is 12.2. The van der Waals surface area contributed by atoms with Crippen molar-refractivity contribution in [2.75, 3.05) is 19.7 Å². The van der Waals surface area contributed by atoms with E-state index in [4.69, 9.17) is 27.9 Å². The number of esters is 1. The zero-order valence-corrected chi connectivity index (χ0v) is 38.2. The van der Waals surface area contributed by atoms with E-state index in [-0.39, 0.29) is 18.4 Å². The molecule has 2 aromatic carbocycles. The molecule has 4 heterocycles. The number of nitrogens with one attached hydrogen (secondary N) is 1. The van der Waals surface area contributed by atoms with Gasteiger partial charge in [-0.05, 0) is 113 Å². The Morgan fingerprint density at radius 2 is 1.39 bits per heavy atom. The summed E-state index contributed by atoms with van der Waals surface area (Å²) in [7, 11) is 0. The average molecular weight is 876 g/mol. The van der Waals surface area contributed by atoms with Crippen LogP contribution in [0.5, 0.6) is 0 Å². The van der Waals surface area contributed by atoms with Gasteiger partial charge in [0.25, 0.3) is 0 Å². The van der Waals surface area contributed by atoms with Gasteiger partial charge >= 0.3 is 11.9 Å². The summed E-state index contributed by atoms with van der Waals surface area (Å²) in [5.41, 5.74) is 4.31. The minimum atomic E-state index is -0.711. The number of thiophene rings is 2. The maximum Gasteiger partial charge on any atom is 0.311 e. The smallest absolute Gasteiger partial charge is 0.311 e. The minimum Gasteiger partial charge on any atom is -1.00 e. The number of benzene rings is 2. The highest BCUT2D eigenvalue weighted by Crippen LogP contribution is 2.37. The molecule has 57 heavy (non-hydrogen) atoms. The highest BCUT2D eigenvalue weighted by molar-refractivity contribution is 7.10. The summed E-state index contributed by atoms with van der Waals surface area (Å²) in [6.45, 7) is 14.1. The van der Waals surface area contributed by atoms with Crippen LogP contribution in [-0.2, 0) is 40.3 Å². The van der Waals surface area contributed by atoms with Crippen molar-refractivity contribution in [3.8, 4) is 0 Å². The third-order valence-corrected chi connectivity index (χ3v) is 14.5. The second kappa shape index (κ2) is 22.3. The van der Waals surface area contributed by atoms with Crippen LogP contribution in [0.2, 0.25) is 10.0 Å². The zero-order valence-electron chi connectivity index (χ0n) is 34.3. The molecule has 0 amide bonds. The number of unbranched alkanes of at least 4 members (excludes halogenated alkanes) is 2. The molecule has 2 N–H and O–H groups in total. The Morgan fingerprint density at radius 1 is 0.807 bits per heavy atom. The lowest BCUT2D eigenvalue weighted by Gasteiger charge is -2.35. The van der Waals surface area contributed by atoms with Crippen LogP contribution in [0.3, 0.4) is 0 Å². The van der Waals surface area contributed by atoms with E-state index >= 15 is 0 Å². The molecule has 0 fully saturated rings. The molecular formula is C46H61Cl3N2O4S2. The van der Waals surface area contributed by atoms with Gasteiger partial charge < -0.3 is 27.2 Å². The Hall–Kier alpha value is -2.43. The highest BCUT2D eigenvalue weighted by atomic mass is 35.5. The number of carbonyl (C=O) groups is 2. The van der Waals surface area contributed by atoms with E-state index < -0.39 is 16.8 Å². The number of quaternary nitrogens is 1. The van der Waals surface area contributed by atoms with Crippen LogP contribution in [0.4, 0.5) is 0 Å². The molecule has 4 aromatic rings. The van der Waals surface area contributed by atoms with Gasteiger partial charge in [0.2, 0.25) is 0 Å². The fourth-order valence-electron chi connectivity index (χ4n) is 8.16. The van der Waals surface area contributed by atoms with Crippen LogP contribution in [0.1, 0.15) is 130 Å². The van der Waals surface area contributed by atoms with Crippen molar-refractivity contribution < 1.29 is 36.7 Å². The topological polar surface area (TPSA) is 71.3 Å². The number of rotatable bonds is 17. The molecule has 2 aliphatic heterocycles. The summed E-state index contributed by atoms with van der Waals surface area (Å²) in [5, 5.41) is 15.4. The number of nitrogens with zero attached hydrogens (tertiary/aromatic N) is 1. The Bertz CT molecular complexity index is 1870. The fourth-order valence-corrected chi connectivity index (χ4v) is 10.5. The number of carboxylic acid groups (broad SMARTS) is 1. The molecular weight excluding hydrogens is 815 g/mol. The van der Waals surface area contributed by atoms with E-state index in [1.807, 2.05) is 81.6 Å². The largest absolute Gasteiger partial charge is 1.00 e. The summed E-state index contributed by atoms with van der Waals surface area (Å²) in [6.07, 6.45) is 9.90. The lowest BCUT2D eigenvalue weighted by Crippen LogP contribution is -3.12. The normalized spacial score (nSPS) is 16.6. The molecule has 0 radical (unpaired) electrons. The Balaban J connectivity index is 0.000000249. The van der Waals surface area contributed by atoms with E-state index in [2.05, 4.69) is 52.1 Å². The van der Waals surface area contributed by atoms with Gasteiger partial charge in [0.15, 0.2) is 0 Å². The van der Waals surface area contributed by atoms with Crippen molar-refractivity contribution in [2.24, 2.45) is 10.8 Å². The van der Waals surface area contributed by atoms with Crippen LogP contribution >= 0.6 is 45.9 Å². The first-order chi connectivity index (χ1) is 26.8. The SMILES string of the molecule is CC(C)(CCCCC(c1ccccc1Cl)[NH+]1CCc2sccc2C1)C(=O)O.CCOC(=O)C(C)(C)CCCCC(c1ccccc1Cl)N1CCc2sccc2C1.[Cl-]. The summed E-state index contributed by atoms with van der Waals surface area (Å²) in [5.74, 6) is -0.805. The van der Waals surface area contributed by atoms with E-state index in [1.165, 1.54) is 32.0 Å². The van der Waals surface area contributed by atoms with Gasteiger partial charge in [-0.2, -0.15) is 0 Å². The molecule has 2 aliphatic rings. The molecule has 0 saturated carbocycles. The Morgan fingerprint density at radius 3 is 2.02 bits per heavy atom. The number of fused-ring (bicyclic) bond motifs is 2. The number of hydrogen-bond donors (Lipinski definition) is 2. The highest BCUT2D eigenvalue weighted by Gasteiger charge is 2.32. The van der Waals surface area contributed by atoms with E-state index in [1.54, 1.807) is 4.90 Å². The molecule has 6 rings (SSSR count). The van der Waals surface area contributed by atoms with Gasteiger partial charge in [0.1, 0.15) is 12.6 Å². The van der Waals surface area contributed by atoms with Crippen LogP contribution in [0.15, 0.2) is 71.4 Å². The molecule has 312 valence electrons. The van der Waals surface area contributed by atoms with Gasteiger partial charge in [-0.25, -0.2) is 0 Å². The van der Waals surface area contributed by atoms with Crippen LogP contribution in [0, 0.1) is 10.8 Å². The summed E-state index contributed by atoms with van der Waals surface area (Å²) >= 11 is 16.9. The third kappa shape index (κ3) is 13.0. The first kappa shape index (κ1) is 47.3. The molecule has 2 aromatic heterocycles. The number of carboxylic acids is 1. The first-order valence-corrected chi connectivity index (χ1v) is 22.9. The predicted octanol–water partition coefficient (Wildman–Crippen LogP) is 8.41. The number of halogens is 3. The minimum absolute atomic E-state index is 0. The van der Waals surface area contributed by atoms with Crippen molar-refractivity contribution in [3.05, 3.63) is 113 Å². The van der Waals surface area contributed by atoms with Crippen molar-refractivity contribution in [3.63, 3.8) is 0 Å². The lowest BCUT2D eigenvalue weighted by molar-refractivity contribution is -0.947. The molecule has 0 aliphatic carbocycles. The summed E-state index contributed by atoms with van der Waals surface area (Å²) in [6, 6.07) is 21.6. The number of hydrogen-bond acceptors (Lipinski definition) is 6. The molecule has 6 nitrogen and oxygen atoms in total. The second-order valence-corrected chi connectivity index (χ2v) is 19.5. The van der Waals surface area contributed by atoms with E-state index in [0.717, 1.165) is 94.0 Å². The number of aliphatic carboxylic acids is 1. The van der Waals surface area contributed by atoms with Crippen LogP contribution < -0.4 is 17.3 Å². The van der Waals surface area contributed by atoms with Crippen molar-refractivity contribution in [1.82, 2.24) is 4.90 Å². The molecule has 3 unspecified atom stereocenters. The molecule has 0 saturated heterocycles. The molecule has 0 spiro atoms. The van der Waals surface area contributed by atoms with Gasteiger partial charge in [-0.15, -0.1) is 22.7 Å². The number of carbonyl (C=O) groups excluding carboxylic acids is 1. The quantitative estimate of drug-likeness (QED) is 0.0825. The number of ether oxygens (including phenoxy) is 1. The Labute approximate surface area is 365 Å². The van der Waals surface area contributed by atoms with E-state index in [9.17, 15) is 14.7 Å². The summed E-state index contributed by atoms with van der Waals surface area (Å²) in [4.78, 5) is 30.7. The van der Waals surface area contributed by atoms with Crippen molar-refractivity contribution >= 4 is 57.8 Å². The maximum atomic E-state index is 12.2. The summed E-state index contributed by atoms with van der Waals surface area (Å²) < 4.78 is 5.23. The third-order valence-electron chi connectivity index (χ3n) is 11.7. The van der Waals surface area contributed by atoms with Gasteiger partial charge in [-0.1, -0.05) is 78.9 Å². The molecule has 3 atom stereocenters. The monoisotopic (exact) mass is 874 g/mol. The van der Waals surface area contributed by atoms with Crippen LogP contribution in [0.25, 0.3) is 0 Å². The second-order valence-electron chi connectivity index (χ2n) is 16.7.